The van der Waals surface area contributed by atoms with E-state index in [1.807, 2.05) is 38.1 Å². The number of rotatable bonds is 1. The van der Waals surface area contributed by atoms with Crippen molar-refractivity contribution in [3.63, 3.8) is 0 Å². The lowest BCUT2D eigenvalue weighted by molar-refractivity contribution is 0.586. The highest BCUT2D eigenvalue weighted by atomic mass is 32.2. The van der Waals surface area contributed by atoms with Crippen LogP contribution in [0.15, 0.2) is 24.3 Å². The zero-order valence-electron chi connectivity index (χ0n) is 10.2. The minimum atomic E-state index is -3.21. The van der Waals surface area contributed by atoms with Crippen LogP contribution in [0.5, 0.6) is 0 Å². The van der Waals surface area contributed by atoms with Gasteiger partial charge in [-0.2, -0.15) is 0 Å². The van der Waals surface area contributed by atoms with Gasteiger partial charge < -0.3 is 5.32 Å². The van der Waals surface area contributed by atoms with Gasteiger partial charge >= 0.3 is 0 Å². The van der Waals surface area contributed by atoms with Crippen molar-refractivity contribution in [2.75, 3.05) is 23.1 Å². The van der Waals surface area contributed by atoms with E-state index in [-0.39, 0.29) is 11.8 Å². The van der Waals surface area contributed by atoms with Crippen molar-refractivity contribution in [2.45, 2.75) is 19.9 Å². The van der Waals surface area contributed by atoms with Crippen molar-refractivity contribution in [3.8, 4) is 0 Å². The Morgan fingerprint density at radius 1 is 1.41 bits per heavy atom. The fraction of sp³-hybridized carbons (Fsp3) is 0.500. The van der Waals surface area contributed by atoms with Gasteiger partial charge in [-0.1, -0.05) is 12.1 Å². The van der Waals surface area contributed by atoms with Gasteiger partial charge in [0.05, 0.1) is 17.5 Å². The monoisotopic (exact) mass is 254 g/mol. The van der Waals surface area contributed by atoms with Gasteiger partial charge in [0.25, 0.3) is 0 Å². The summed E-state index contributed by atoms with van der Waals surface area (Å²) in [7, 11) is -3.21. The van der Waals surface area contributed by atoms with Crippen LogP contribution < -0.4 is 9.62 Å². The van der Waals surface area contributed by atoms with Crippen LogP contribution in [0.3, 0.4) is 0 Å². The molecule has 1 aliphatic heterocycles. The first-order valence-corrected chi connectivity index (χ1v) is 7.41. The Bertz CT molecular complexity index is 499. The molecule has 17 heavy (non-hydrogen) atoms. The van der Waals surface area contributed by atoms with Crippen LogP contribution in [0.2, 0.25) is 0 Å². The van der Waals surface area contributed by atoms with Gasteiger partial charge in [0.15, 0.2) is 0 Å². The smallest absolute Gasteiger partial charge is 0.236 e. The first-order chi connectivity index (χ1) is 8.00. The average Bonchev–Trinajstić information content (AvgIpc) is 2.36. The molecular formula is C12H18N2O2S. The van der Waals surface area contributed by atoms with Crippen molar-refractivity contribution in [2.24, 2.45) is 0 Å². The summed E-state index contributed by atoms with van der Waals surface area (Å²) < 4.78 is 26.0. The molecule has 0 aromatic heterocycles. The molecule has 0 amide bonds. The van der Waals surface area contributed by atoms with Gasteiger partial charge in [-0.3, -0.25) is 4.31 Å². The van der Waals surface area contributed by atoms with E-state index in [1.165, 1.54) is 0 Å². The maximum atomic E-state index is 12.2. The number of benzene rings is 1. The normalized spacial score (nSPS) is 24.4. The van der Waals surface area contributed by atoms with E-state index in [4.69, 9.17) is 0 Å². The van der Waals surface area contributed by atoms with Crippen LogP contribution in [0, 0.1) is 6.92 Å². The van der Waals surface area contributed by atoms with E-state index in [9.17, 15) is 8.42 Å². The molecule has 94 valence electrons. The van der Waals surface area contributed by atoms with Crippen LogP contribution in [0.25, 0.3) is 0 Å². The van der Waals surface area contributed by atoms with Gasteiger partial charge in [-0.25, -0.2) is 8.42 Å². The molecule has 0 radical (unpaired) electrons. The number of sulfonamides is 1. The molecule has 4 nitrogen and oxygen atoms in total. The van der Waals surface area contributed by atoms with Gasteiger partial charge in [0, 0.05) is 13.1 Å². The van der Waals surface area contributed by atoms with Crippen LogP contribution >= 0.6 is 0 Å². The standard InChI is InChI=1S/C12H18N2O2S/c1-10-4-3-5-12(8-10)14-11(2)9-13-6-7-17(14,15)16/h3-5,8,11,13H,6-7,9H2,1-2H3. The molecule has 1 atom stereocenters. The van der Waals surface area contributed by atoms with E-state index in [1.54, 1.807) is 4.31 Å². The molecule has 0 spiro atoms. The van der Waals surface area contributed by atoms with Gasteiger partial charge in [0.2, 0.25) is 10.0 Å². The second-order valence-corrected chi connectivity index (χ2v) is 6.47. The topological polar surface area (TPSA) is 49.4 Å². The Kier molecular flexibility index (Phi) is 3.40. The third-order valence-corrected chi connectivity index (χ3v) is 4.82. The third kappa shape index (κ3) is 2.61. The van der Waals surface area contributed by atoms with Gasteiger partial charge in [0.1, 0.15) is 0 Å². The van der Waals surface area contributed by atoms with Crippen molar-refractivity contribution in [1.29, 1.82) is 0 Å². The Balaban J connectivity index is 2.45. The summed E-state index contributed by atoms with van der Waals surface area (Å²) in [6.45, 7) is 5.11. The quantitative estimate of drug-likeness (QED) is 0.817. The first-order valence-electron chi connectivity index (χ1n) is 5.80. The Morgan fingerprint density at radius 3 is 2.88 bits per heavy atom. The lowest BCUT2D eigenvalue weighted by Gasteiger charge is -2.28. The van der Waals surface area contributed by atoms with Crippen LogP contribution in [0.4, 0.5) is 5.69 Å². The molecule has 1 fully saturated rings. The molecule has 1 saturated heterocycles. The summed E-state index contributed by atoms with van der Waals surface area (Å²) in [4.78, 5) is 0. The van der Waals surface area contributed by atoms with E-state index in [0.717, 1.165) is 11.3 Å². The summed E-state index contributed by atoms with van der Waals surface area (Å²) >= 11 is 0. The molecule has 1 aromatic rings. The van der Waals surface area contributed by atoms with Crippen molar-refractivity contribution < 1.29 is 8.42 Å². The Labute approximate surface area is 103 Å². The fourth-order valence-electron chi connectivity index (χ4n) is 2.15. The molecule has 1 aromatic carbocycles. The zero-order valence-corrected chi connectivity index (χ0v) is 11.0. The molecular weight excluding hydrogens is 236 g/mol. The van der Waals surface area contributed by atoms with Gasteiger partial charge in [-0.15, -0.1) is 0 Å². The number of aryl methyl sites for hydroxylation is 1. The molecule has 1 heterocycles. The maximum absolute atomic E-state index is 12.2. The SMILES string of the molecule is Cc1cccc(N2C(C)CNCCS2(=O)=O)c1. The van der Waals surface area contributed by atoms with Gasteiger partial charge in [-0.05, 0) is 31.5 Å². The summed E-state index contributed by atoms with van der Waals surface area (Å²) in [5.41, 5.74) is 1.84. The second kappa shape index (κ2) is 4.66. The maximum Gasteiger partial charge on any atom is 0.236 e. The van der Waals surface area contributed by atoms with Crippen molar-refractivity contribution in [3.05, 3.63) is 29.8 Å². The number of nitrogens with zero attached hydrogens (tertiary/aromatic N) is 1. The predicted octanol–water partition coefficient (Wildman–Crippen LogP) is 1.12. The van der Waals surface area contributed by atoms with E-state index in [0.29, 0.717) is 13.1 Å². The van der Waals surface area contributed by atoms with Crippen molar-refractivity contribution in [1.82, 2.24) is 5.32 Å². The minimum absolute atomic E-state index is 0.0516. The molecule has 1 aliphatic rings. The van der Waals surface area contributed by atoms with E-state index < -0.39 is 10.0 Å². The molecule has 1 unspecified atom stereocenters. The van der Waals surface area contributed by atoms with Crippen LogP contribution in [-0.2, 0) is 10.0 Å². The summed E-state index contributed by atoms with van der Waals surface area (Å²) in [5, 5.41) is 3.15. The number of hydrogen-bond acceptors (Lipinski definition) is 3. The van der Waals surface area contributed by atoms with Crippen LogP contribution in [0.1, 0.15) is 12.5 Å². The van der Waals surface area contributed by atoms with Crippen LogP contribution in [-0.4, -0.2) is 33.3 Å². The zero-order chi connectivity index (χ0) is 12.5. The lowest BCUT2D eigenvalue weighted by Crippen LogP contribution is -2.41. The predicted molar refractivity (Wildman–Crippen MR) is 69.8 cm³/mol. The second-order valence-electron chi connectivity index (χ2n) is 4.50. The molecule has 0 aliphatic carbocycles. The largest absolute Gasteiger partial charge is 0.314 e. The molecule has 5 heteroatoms. The Hall–Kier alpha value is -1.07. The third-order valence-electron chi connectivity index (χ3n) is 2.93. The van der Waals surface area contributed by atoms with Crippen molar-refractivity contribution >= 4 is 15.7 Å². The van der Waals surface area contributed by atoms with E-state index >= 15 is 0 Å². The highest BCUT2D eigenvalue weighted by Gasteiger charge is 2.29. The molecule has 1 N–H and O–H groups in total. The highest BCUT2D eigenvalue weighted by molar-refractivity contribution is 7.92. The number of nitrogens with one attached hydrogen (secondary N) is 1. The highest BCUT2D eigenvalue weighted by Crippen LogP contribution is 2.23. The Morgan fingerprint density at radius 2 is 2.18 bits per heavy atom. The average molecular weight is 254 g/mol. The molecule has 0 saturated carbocycles. The summed E-state index contributed by atoms with van der Waals surface area (Å²) in [6, 6.07) is 7.58. The minimum Gasteiger partial charge on any atom is -0.314 e. The first kappa shape index (κ1) is 12.4. The summed E-state index contributed by atoms with van der Waals surface area (Å²) in [5.74, 6) is 0.158. The number of hydrogen-bond donors (Lipinski definition) is 1. The number of anilines is 1. The summed E-state index contributed by atoms with van der Waals surface area (Å²) in [6.07, 6.45) is 0. The lowest BCUT2D eigenvalue weighted by atomic mass is 10.2. The molecule has 0 bridgehead atoms. The van der Waals surface area contributed by atoms with E-state index in [2.05, 4.69) is 5.32 Å². The molecule has 2 rings (SSSR count). The fourth-order valence-corrected chi connectivity index (χ4v) is 3.80.